The Morgan fingerprint density at radius 3 is 2.95 bits per heavy atom. The molecule has 1 heterocycles. The van der Waals surface area contributed by atoms with Gasteiger partial charge < -0.3 is 15.1 Å². The summed E-state index contributed by atoms with van der Waals surface area (Å²) >= 11 is 0. The highest BCUT2D eigenvalue weighted by molar-refractivity contribution is 6.04. The van der Waals surface area contributed by atoms with E-state index in [2.05, 4.69) is 10.0 Å². The lowest BCUT2D eigenvalue weighted by molar-refractivity contribution is -0.117. The van der Waals surface area contributed by atoms with Gasteiger partial charge in [0.25, 0.3) is 0 Å². The largest absolute Gasteiger partial charge is 0.506 e. The maximum Gasteiger partial charge on any atom is 0.337 e. The number of anilines is 1. The van der Waals surface area contributed by atoms with Crippen LogP contribution >= 0.6 is 0 Å². The van der Waals surface area contributed by atoms with Crippen LogP contribution < -0.4 is 4.90 Å². The first kappa shape index (κ1) is 13.7. The Morgan fingerprint density at radius 2 is 2.30 bits per heavy atom. The smallest absolute Gasteiger partial charge is 0.337 e. The predicted octanol–water partition coefficient (Wildman–Crippen LogP) is 1.75. The van der Waals surface area contributed by atoms with Crippen LogP contribution in [-0.2, 0) is 4.79 Å². The van der Waals surface area contributed by atoms with Gasteiger partial charge in [-0.05, 0) is 23.6 Å². The Morgan fingerprint density at radius 1 is 1.55 bits per heavy atom. The second-order valence-corrected chi connectivity index (χ2v) is 4.47. The summed E-state index contributed by atoms with van der Waals surface area (Å²) in [5.41, 5.74) is 8.14. The molecular formula is C12H12N4O4. The summed E-state index contributed by atoms with van der Waals surface area (Å²) in [5, 5.41) is 22.4. The number of phenolic OH excluding ortho intramolecular Hbond substituents is 1. The number of benzene rings is 1. The molecule has 0 bridgehead atoms. The Bertz CT molecular complexity index is 609. The van der Waals surface area contributed by atoms with Crippen molar-refractivity contribution >= 4 is 17.6 Å². The van der Waals surface area contributed by atoms with E-state index < -0.39 is 5.97 Å². The van der Waals surface area contributed by atoms with Gasteiger partial charge in [0.15, 0.2) is 0 Å². The Balaban J connectivity index is 2.35. The molecule has 2 N–H and O–H groups in total. The van der Waals surface area contributed by atoms with Gasteiger partial charge in [0.05, 0.1) is 5.56 Å². The number of carbonyl (C=O) groups is 2. The monoisotopic (exact) mass is 276 g/mol. The third-order valence-corrected chi connectivity index (χ3v) is 3.12. The van der Waals surface area contributed by atoms with Crippen LogP contribution in [-0.4, -0.2) is 35.2 Å². The number of carboxylic acid groups (broad SMARTS) is 1. The molecule has 1 aliphatic rings. The van der Waals surface area contributed by atoms with Crippen LogP contribution in [0.3, 0.4) is 0 Å². The van der Waals surface area contributed by atoms with Crippen LogP contribution in [0.2, 0.25) is 0 Å². The minimum Gasteiger partial charge on any atom is -0.506 e. The first-order valence-corrected chi connectivity index (χ1v) is 5.91. The van der Waals surface area contributed by atoms with Crippen molar-refractivity contribution < 1.29 is 19.8 Å². The molecule has 0 saturated carbocycles. The molecule has 1 aromatic carbocycles. The predicted molar refractivity (Wildman–Crippen MR) is 69.5 cm³/mol. The summed E-state index contributed by atoms with van der Waals surface area (Å²) in [7, 11) is 0. The average molecular weight is 276 g/mol. The summed E-state index contributed by atoms with van der Waals surface area (Å²) in [6.45, 7) is 0.379. The molecule has 0 aromatic heterocycles. The van der Waals surface area contributed by atoms with Gasteiger partial charge in [0.2, 0.25) is 5.91 Å². The number of aromatic carboxylic acids is 1. The van der Waals surface area contributed by atoms with Crippen LogP contribution in [0.5, 0.6) is 5.75 Å². The zero-order valence-electron chi connectivity index (χ0n) is 10.4. The number of phenols is 1. The molecule has 0 spiro atoms. The molecule has 8 heteroatoms. The maximum atomic E-state index is 12.0. The third-order valence-electron chi connectivity index (χ3n) is 3.12. The van der Waals surface area contributed by atoms with Crippen molar-refractivity contribution in [3.8, 4) is 5.75 Å². The summed E-state index contributed by atoms with van der Waals surface area (Å²) in [4.78, 5) is 27.0. The number of hydrogen-bond acceptors (Lipinski definition) is 4. The lowest BCUT2D eigenvalue weighted by atomic mass is 10.1. The van der Waals surface area contributed by atoms with Gasteiger partial charge in [0.1, 0.15) is 11.4 Å². The molecular weight excluding hydrogens is 264 g/mol. The van der Waals surface area contributed by atoms with E-state index in [1.165, 1.54) is 23.1 Å². The molecule has 20 heavy (non-hydrogen) atoms. The Labute approximate surface area is 113 Å². The van der Waals surface area contributed by atoms with E-state index in [0.717, 1.165) is 0 Å². The summed E-state index contributed by atoms with van der Waals surface area (Å²) in [6.07, 6.45) is 0.159. The fraction of sp³-hybridized carbons (Fsp3) is 0.333. The fourth-order valence-corrected chi connectivity index (χ4v) is 2.26. The SMILES string of the molecule is [N-]=[N+]=NCC1CC(=O)N(c2c(O)cccc2C(=O)O)C1. The van der Waals surface area contributed by atoms with Crippen molar-refractivity contribution in [3.05, 3.63) is 34.2 Å². The van der Waals surface area contributed by atoms with Crippen molar-refractivity contribution in [2.24, 2.45) is 11.0 Å². The molecule has 1 amide bonds. The minimum absolute atomic E-state index is 0.00608. The highest BCUT2D eigenvalue weighted by Gasteiger charge is 2.33. The number of aromatic hydroxyl groups is 1. The van der Waals surface area contributed by atoms with Gasteiger partial charge in [-0.25, -0.2) is 4.79 Å². The van der Waals surface area contributed by atoms with Crippen molar-refractivity contribution in [1.82, 2.24) is 0 Å². The van der Waals surface area contributed by atoms with Crippen LogP contribution in [0.4, 0.5) is 5.69 Å². The number of para-hydroxylation sites is 1. The maximum absolute atomic E-state index is 12.0. The van der Waals surface area contributed by atoms with Crippen molar-refractivity contribution in [1.29, 1.82) is 0 Å². The lowest BCUT2D eigenvalue weighted by Gasteiger charge is -2.19. The molecule has 0 radical (unpaired) electrons. The average Bonchev–Trinajstić information content (AvgIpc) is 2.77. The fourth-order valence-electron chi connectivity index (χ4n) is 2.26. The molecule has 104 valence electrons. The van der Waals surface area contributed by atoms with E-state index in [0.29, 0.717) is 0 Å². The Kier molecular flexibility index (Phi) is 3.76. The van der Waals surface area contributed by atoms with Gasteiger partial charge >= 0.3 is 5.97 Å². The summed E-state index contributed by atoms with van der Waals surface area (Å²) < 4.78 is 0. The van der Waals surface area contributed by atoms with E-state index in [1.807, 2.05) is 0 Å². The quantitative estimate of drug-likeness (QED) is 0.493. The van der Waals surface area contributed by atoms with Crippen LogP contribution in [0.15, 0.2) is 23.3 Å². The number of nitrogens with zero attached hydrogens (tertiary/aromatic N) is 4. The number of carbonyl (C=O) groups excluding carboxylic acids is 1. The number of carboxylic acids is 1. The molecule has 1 unspecified atom stereocenters. The van der Waals surface area contributed by atoms with Gasteiger partial charge in [-0.15, -0.1) is 0 Å². The third kappa shape index (κ3) is 2.50. The van der Waals surface area contributed by atoms with Gasteiger partial charge in [0, 0.05) is 24.4 Å². The first-order chi connectivity index (χ1) is 9.54. The lowest BCUT2D eigenvalue weighted by Crippen LogP contribution is -2.26. The molecule has 0 aliphatic carbocycles. The van der Waals surface area contributed by atoms with E-state index >= 15 is 0 Å². The van der Waals surface area contributed by atoms with E-state index in [4.69, 9.17) is 10.6 Å². The molecule has 1 atom stereocenters. The van der Waals surface area contributed by atoms with Crippen molar-refractivity contribution in [3.63, 3.8) is 0 Å². The number of hydrogen-bond donors (Lipinski definition) is 2. The number of azide groups is 1. The van der Waals surface area contributed by atoms with Gasteiger partial charge in [-0.2, -0.15) is 0 Å². The first-order valence-electron chi connectivity index (χ1n) is 5.91. The minimum atomic E-state index is -1.22. The molecule has 1 aromatic rings. The zero-order valence-corrected chi connectivity index (χ0v) is 10.4. The van der Waals surface area contributed by atoms with E-state index in [-0.39, 0.29) is 48.3 Å². The Hall–Kier alpha value is -2.73. The standard InChI is InChI=1S/C12H12N4O4/c13-15-14-5-7-4-10(18)16(6-7)11-8(12(19)20)2-1-3-9(11)17/h1-3,7,17H,4-6H2,(H,19,20). The van der Waals surface area contributed by atoms with Crippen LogP contribution in [0.1, 0.15) is 16.8 Å². The van der Waals surface area contributed by atoms with Crippen LogP contribution in [0, 0.1) is 5.92 Å². The number of rotatable bonds is 4. The second-order valence-electron chi connectivity index (χ2n) is 4.47. The topological polar surface area (TPSA) is 127 Å². The highest BCUT2D eigenvalue weighted by Crippen LogP contribution is 2.35. The molecule has 2 rings (SSSR count). The molecule has 8 nitrogen and oxygen atoms in total. The highest BCUT2D eigenvalue weighted by atomic mass is 16.4. The summed E-state index contributed by atoms with van der Waals surface area (Å²) in [5.74, 6) is -1.96. The summed E-state index contributed by atoms with van der Waals surface area (Å²) in [6, 6.07) is 4.06. The van der Waals surface area contributed by atoms with Crippen molar-refractivity contribution in [2.75, 3.05) is 18.0 Å². The number of amides is 1. The van der Waals surface area contributed by atoms with Gasteiger partial charge in [-0.1, -0.05) is 11.2 Å². The zero-order chi connectivity index (χ0) is 14.7. The van der Waals surface area contributed by atoms with E-state index in [1.54, 1.807) is 0 Å². The van der Waals surface area contributed by atoms with E-state index in [9.17, 15) is 14.7 Å². The normalized spacial score (nSPS) is 17.9. The molecule has 1 fully saturated rings. The van der Waals surface area contributed by atoms with Gasteiger partial charge in [-0.3, -0.25) is 4.79 Å². The van der Waals surface area contributed by atoms with Crippen molar-refractivity contribution in [2.45, 2.75) is 6.42 Å². The van der Waals surface area contributed by atoms with Crippen LogP contribution in [0.25, 0.3) is 10.4 Å². The molecule has 1 saturated heterocycles. The second kappa shape index (κ2) is 5.50. The molecule has 1 aliphatic heterocycles.